The van der Waals surface area contributed by atoms with Crippen molar-refractivity contribution in [1.82, 2.24) is 10.2 Å². The fourth-order valence-corrected chi connectivity index (χ4v) is 2.03. The van der Waals surface area contributed by atoms with Crippen LogP contribution in [0.15, 0.2) is 0 Å². The molecule has 1 rings (SSSR count). The molecule has 0 aliphatic carbocycles. The summed E-state index contributed by atoms with van der Waals surface area (Å²) in [5, 5.41) is 3.44. The molecule has 1 saturated heterocycles. The van der Waals surface area contributed by atoms with Crippen molar-refractivity contribution in [2.45, 2.75) is 46.1 Å². The van der Waals surface area contributed by atoms with E-state index in [0.717, 1.165) is 32.5 Å². The first-order valence-electron chi connectivity index (χ1n) is 6.14. The van der Waals surface area contributed by atoms with Crippen LogP contribution in [0.3, 0.4) is 0 Å². The summed E-state index contributed by atoms with van der Waals surface area (Å²) in [5.41, 5.74) is 0. The molecule has 1 heterocycles. The van der Waals surface area contributed by atoms with Crippen LogP contribution in [0.1, 0.15) is 40.0 Å². The molecule has 0 spiro atoms. The number of rotatable bonds is 6. The normalized spacial score (nSPS) is 23.5. The molecule has 0 aromatic rings. The molecular formula is C12H24N2O. The van der Waals surface area contributed by atoms with E-state index >= 15 is 0 Å². The molecule has 15 heavy (non-hydrogen) atoms. The van der Waals surface area contributed by atoms with Crippen LogP contribution >= 0.6 is 0 Å². The lowest BCUT2D eigenvalue weighted by molar-refractivity contribution is -0.127. The Morgan fingerprint density at radius 1 is 1.60 bits per heavy atom. The number of amides is 1. The van der Waals surface area contributed by atoms with E-state index in [-0.39, 0.29) is 0 Å². The van der Waals surface area contributed by atoms with Gasteiger partial charge in [-0.2, -0.15) is 0 Å². The number of hydrogen-bond donors (Lipinski definition) is 1. The zero-order valence-electron chi connectivity index (χ0n) is 10.3. The van der Waals surface area contributed by atoms with Crippen LogP contribution in [-0.4, -0.2) is 36.5 Å². The molecular weight excluding hydrogens is 188 g/mol. The van der Waals surface area contributed by atoms with Crippen molar-refractivity contribution in [3.8, 4) is 0 Å². The van der Waals surface area contributed by atoms with E-state index in [1.807, 2.05) is 4.90 Å². The molecule has 0 aromatic heterocycles. The highest BCUT2D eigenvalue weighted by Crippen LogP contribution is 2.16. The smallest absolute Gasteiger partial charge is 0.222 e. The van der Waals surface area contributed by atoms with Crippen LogP contribution in [0.4, 0.5) is 0 Å². The maximum absolute atomic E-state index is 11.5. The second-order valence-corrected chi connectivity index (χ2v) is 4.79. The number of hydrogen-bond acceptors (Lipinski definition) is 2. The molecule has 0 bridgehead atoms. The predicted octanol–water partition coefficient (Wildman–Crippen LogP) is 1.63. The van der Waals surface area contributed by atoms with E-state index in [9.17, 15) is 4.79 Å². The van der Waals surface area contributed by atoms with Gasteiger partial charge in [0.1, 0.15) is 0 Å². The molecule has 3 nitrogen and oxygen atoms in total. The van der Waals surface area contributed by atoms with E-state index in [2.05, 4.69) is 26.1 Å². The SMILES string of the molecule is CCCNC(C)CCN1CC(C)CC1=O. The topological polar surface area (TPSA) is 32.3 Å². The second kappa shape index (κ2) is 6.11. The highest BCUT2D eigenvalue weighted by molar-refractivity contribution is 5.78. The van der Waals surface area contributed by atoms with Gasteiger partial charge in [0.05, 0.1) is 0 Å². The Morgan fingerprint density at radius 2 is 2.33 bits per heavy atom. The highest BCUT2D eigenvalue weighted by Gasteiger charge is 2.25. The average Bonchev–Trinajstić information content (AvgIpc) is 2.51. The summed E-state index contributed by atoms with van der Waals surface area (Å²) < 4.78 is 0. The summed E-state index contributed by atoms with van der Waals surface area (Å²) in [6, 6.07) is 0.522. The number of nitrogens with one attached hydrogen (secondary N) is 1. The van der Waals surface area contributed by atoms with Crippen LogP contribution in [0.25, 0.3) is 0 Å². The lowest BCUT2D eigenvalue weighted by atomic mass is 10.2. The summed E-state index contributed by atoms with van der Waals surface area (Å²) >= 11 is 0. The van der Waals surface area contributed by atoms with E-state index in [1.165, 1.54) is 6.42 Å². The quantitative estimate of drug-likeness (QED) is 0.726. The zero-order valence-corrected chi connectivity index (χ0v) is 10.3. The minimum atomic E-state index is 0.338. The van der Waals surface area contributed by atoms with Crippen LogP contribution < -0.4 is 5.32 Å². The van der Waals surface area contributed by atoms with Gasteiger partial charge in [-0.3, -0.25) is 4.79 Å². The number of carbonyl (C=O) groups excluding carboxylic acids is 1. The molecule has 1 fully saturated rings. The largest absolute Gasteiger partial charge is 0.342 e. The van der Waals surface area contributed by atoms with E-state index in [1.54, 1.807) is 0 Å². The van der Waals surface area contributed by atoms with Gasteiger partial charge >= 0.3 is 0 Å². The number of carbonyl (C=O) groups is 1. The van der Waals surface area contributed by atoms with E-state index in [0.29, 0.717) is 17.9 Å². The molecule has 0 saturated carbocycles. The van der Waals surface area contributed by atoms with Gasteiger partial charge in [0.15, 0.2) is 0 Å². The Kier molecular flexibility index (Phi) is 5.09. The van der Waals surface area contributed by atoms with Crippen molar-refractivity contribution >= 4 is 5.91 Å². The van der Waals surface area contributed by atoms with Crippen LogP contribution in [0, 0.1) is 5.92 Å². The first kappa shape index (κ1) is 12.5. The fourth-order valence-electron chi connectivity index (χ4n) is 2.03. The van der Waals surface area contributed by atoms with Gasteiger partial charge in [-0.25, -0.2) is 0 Å². The summed E-state index contributed by atoms with van der Waals surface area (Å²) in [7, 11) is 0. The molecule has 3 heteroatoms. The molecule has 1 aliphatic rings. The van der Waals surface area contributed by atoms with Crippen molar-refractivity contribution in [1.29, 1.82) is 0 Å². The van der Waals surface area contributed by atoms with E-state index < -0.39 is 0 Å². The minimum Gasteiger partial charge on any atom is -0.342 e. The maximum atomic E-state index is 11.5. The third kappa shape index (κ3) is 4.20. The molecule has 2 atom stereocenters. The van der Waals surface area contributed by atoms with Crippen LogP contribution in [0.5, 0.6) is 0 Å². The average molecular weight is 212 g/mol. The molecule has 1 aliphatic heterocycles. The third-order valence-electron chi connectivity index (χ3n) is 2.98. The minimum absolute atomic E-state index is 0.338. The summed E-state index contributed by atoms with van der Waals surface area (Å²) in [4.78, 5) is 13.5. The molecule has 2 unspecified atom stereocenters. The van der Waals surface area contributed by atoms with Gasteiger partial charge in [0.25, 0.3) is 0 Å². The zero-order chi connectivity index (χ0) is 11.3. The van der Waals surface area contributed by atoms with Crippen LogP contribution in [0.2, 0.25) is 0 Å². The molecule has 1 amide bonds. The Bertz CT molecular complexity index is 206. The summed E-state index contributed by atoms with van der Waals surface area (Å²) in [5.74, 6) is 0.890. The Morgan fingerprint density at radius 3 is 2.87 bits per heavy atom. The molecule has 0 radical (unpaired) electrons. The van der Waals surface area contributed by atoms with Gasteiger partial charge in [-0.05, 0) is 32.2 Å². The molecule has 0 aromatic carbocycles. The number of nitrogens with zero attached hydrogens (tertiary/aromatic N) is 1. The molecule has 88 valence electrons. The van der Waals surface area contributed by atoms with Gasteiger partial charge < -0.3 is 10.2 Å². The lowest BCUT2D eigenvalue weighted by Gasteiger charge is -2.19. The lowest BCUT2D eigenvalue weighted by Crippen LogP contribution is -2.33. The van der Waals surface area contributed by atoms with Gasteiger partial charge in [0.2, 0.25) is 5.91 Å². The third-order valence-corrected chi connectivity index (χ3v) is 2.98. The highest BCUT2D eigenvalue weighted by atomic mass is 16.2. The Balaban J connectivity index is 2.16. The Labute approximate surface area is 93.2 Å². The maximum Gasteiger partial charge on any atom is 0.222 e. The van der Waals surface area contributed by atoms with Gasteiger partial charge in [-0.15, -0.1) is 0 Å². The predicted molar refractivity (Wildman–Crippen MR) is 62.7 cm³/mol. The van der Waals surface area contributed by atoms with Gasteiger partial charge in [0, 0.05) is 25.6 Å². The second-order valence-electron chi connectivity index (χ2n) is 4.79. The standard InChI is InChI=1S/C12H24N2O/c1-4-6-13-11(3)5-7-14-9-10(2)8-12(14)15/h10-11,13H,4-9H2,1-3H3. The number of likely N-dealkylation sites (tertiary alicyclic amines) is 1. The summed E-state index contributed by atoms with van der Waals surface area (Å²) in [6.45, 7) is 9.47. The van der Waals surface area contributed by atoms with Crippen molar-refractivity contribution in [2.75, 3.05) is 19.6 Å². The van der Waals surface area contributed by atoms with Gasteiger partial charge in [-0.1, -0.05) is 13.8 Å². The monoisotopic (exact) mass is 212 g/mol. The first-order valence-corrected chi connectivity index (χ1v) is 6.14. The molecule has 1 N–H and O–H groups in total. The van der Waals surface area contributed by atoms with Crippen molar-refractivity contribution in [3.63, 3.8) is 0 Å². The fraction of sp³-hybridized carbons (Fsp3) is 0.917. The summed E-state index contributed by atoms with van der Waals surface area (Å²) in [6.07, 6.45) is 2.99. The Hall–Kier alpha value is -0.570. The van der Waals surface area contributed by atoms with Crippen molar-refractivity contribution in [2.24, 2.45) is 5.92 Å². The van der Waals surface area contributed by atoms with Crippen molar-refractivity contribution < 1.29 is 4.79 Å². The van der Waals surface area contributed by atoms with Crippen LogP contribution in [-0.2, 0) is 4.79 Å². The van der Waals surface area contributed by atoms with E-state index in [4.69, 9.17) is 0 Å². The first-order chi connectivity index (χ1) is 7.13. The van der Waals surface area contributed by atoms with Crippen molar-refractivity contribution in [3.05, 3.63) is 0 Å².